The van der Waals surface area contributed by atoms with E-state index < -0.39 is 0 Å². The van der Waals surface area contributed by atoms with Crippen molar-refractivity contribution in [2.24, 2.45) is 0 Å². The van der Waals surface area contributed by atoms with Gasteiger partial charge in [0, 0.05) is 73.8 Å². The average molecular weight is 842 g/mol. The molecule has 1 saturated carbocycles. The van der Waals surface area contributed by atoms with E-state index in [1.165, 1.54) is 6.92 Å². The van der Waals surface area contributed by atoms with Crippen molar-refractivity contribution >= 4 is 57.5 Å². The van der Waals surface area contributed by atoms with E-state index in [9.17, 15) is 19.2 Å². The highest BCUT2D eigenvalue weighted by Gasteiger charge is 2.26. The first-order chi connectivity index (χ1) is 30.0. The van der Waals surface area contributed by atoms with Gasteiger partial charge in [-0.15, -0.1) is 0 Å². The van der Waals surface area contributed by atoms with Gasteiger partial charge in [-0.25, -0.2) is 9.97 Å². The SMILES string of the molecule is CC(=O)c1c(C)c2cnc(Nc3ccc(N4CCN(CC(=O)NCCCCCCCNc5cccc(C(=O)Nc6ccc(C)nc6)c5C)CC4)cn3)nc2n(C2CCCC2)c1=O. The third-order valence-corrected chi connectivity index (χ3v) is 12.1. The molecule has 7 rings (SSSR count). The standard InChI is InChI=1S/C47H59N11O4/c1-31-17-18-35(27-50-31)53-45(61)38-15-12-16-40(32(38)2)48-21-10-6-5-7-11-22-49-42(60)30-56-23-25-57(26-24-56)37-19-20-41(51-28-37)54-47-52-29-39-33(3)43(34(4)59)46(62)58(44(39)55-47)36-13-8-9-14-36/h12,15-20,27-29,36,48H,5-11,13-14,21-26,30H2,1-4H3,(H,49,60)(H,53,61)(H,51,52,54,55). The number of aromatic nitrogens is 5. The van der Waals surface area contributed by atoms with Crippen molar-refractivity contribution in [3.8, 4) is 0 Å². The summed E-state index contributed by atoms with van der Waals surface area (Å²) < 4.78 is 1.71. The summed E-state index contributed by atoms with van der Waals surface area (Å²) in [5, 5.41) is 13.4. The Balaban J connectivity index is 0.781. The van der Waals surface area contributed by atoms with Gasteiger partial charge in [0.25, 0.3) is 11.5 Å². The molecular weight excluding hydrogens is 783 g/mol. The van der Waals surface area contributed by atoms with Gasteiger partial charge in [0.1, 0.15) is 11.5 Å². The number of pyridine rings is 3. The molecule has 15 nitrogen and oxygen atoms in total. The average Bonchev–Trinajstić information content (AvgIpc) is 3.79. The largest absolute Gasteiger partial charge is 0.385 e. The van der Waals surface area contributed by atoms with E-state index >= 15 is 0 Å². The molecule has 5 heterocycles. The molecule has 1 saturated heterocycles. The molecule has 0 atom stereocenters. The maximum atomic E-state index is 13.6. The van der Waals surface area contributed by atoms with Crippen LogP contribution in [-0.2, 0) is 4.79 Å². The van der Waals surface area contributed by atoms with Crippen molar-refractivity contribution < 1.29 is 14.4 Å². The van der Waals surface area contributed by atoms with Crippen LogP contribution in [0, 0.1) is 20.8 Å². The second kappa shape index (κ2) is 20.6. The summed E-state index contributed by atoms with van der Waals surface area (Å²) in [4.78, 5) is 74.3. The lowest BCUT2D eigenvalue weighted by molar-refractivity contribution is -0.122. The lowest BCUT2D eigenvalue weighted by Gasteiger charge is -2.35. The molecule has 0 bridgehead atoms. The number of hydrogen-bond acceptors (Lipinski definition) is 12. The molecular formula is C47H59N11O4. The van der Waals surface area contributed by atoms with Gasteiger partial charge in [-0.3, -0.25) is 33.6 Å². The number of anilines is 5. The summed E-state index contributed by atoms with van der Waals surface area (Å²) in [6.07, 6.45) is 14.3. The number of nitrogens with zero attached hydrogens (tertiary/aromatic N) is 7. The minimum atomic E-state index is -0.275. The number of unbranched alkanes of at least 4 members (excludes halogenated alkanes) is 4. The second-order valence-corrected chi connectivity index (χ2v) is 16.6. The van der Waals surface area contributed by atoms with Crippen molar-refractivity contribution in [2.45, 2.75) is 91.5 Å². The zero-order valence-electron chi connectivity index (χ0n) is 36.4. The van der Waals surface area contributed by atoms with E-state index in [4.69, 9.17) is 4.98 Å². The number of carbonyl (C=O) groups excluding carboxylic acids is 3. The van der Waals surface area contributed by atoms with Crippen LogP contribution in [0.15, 0.2) is 65.8 Å². The minimum absolute atomic E-state index is 0.00848. The Labute approximate surface area is 363 Å². The first kappa shape index (κ1) is 43.9. The van der Waals surface area contributed by atoms with Gasteiger partial charge in [-0.2, -0.15) is 4.98 Å². The first-order valence-corrected chi connectivity index (χ1v) is 22.0. The van der Waals surface area contributed by atoms with Gasteiger partial charge in [0.2, 0.25) is 11.9 Å². The predicted molar refractivity (Wildman–Crippen MR) is 245 cm³/mol. The highest BCUT2D eigenvalue weighted by molar-refractivity contribution is 6.06. The van der Waals surface area contributed by atoms with Gasteiger partial charge in [0.05, 0.1) is 35.9 Å². The smallest absolute Gasteiger partial charge is 0.263 e. The number of ketones is 1. The number of Topliss-reactive ketones (excluding diaryl/α,β-unsaturated/α-hetero) is 1. The summed E-state index contributed by atoms with van der Waals surface area (Å²) in [5.41, 5.74) is 6.19. The molecule has 15 heteroatoms. The molecule has 2 fully saturated rings. The van der Waals surface area contributed by atoms with Gasteiger partial charge in [-0.1, -0.05) is 38.2 Å². The number of rotatable bonds is 18. The maximum absolute atomic E-state index is 13.6. The van der Waals surface area contributed by atoms with Crippen molar-refractivity contribution in [3.05, 3.63) is 99.4 Å². The molecule has 326 valence electrons. The fourth-order valence-electron chi connectivity index (χ4n) is 8.54. The summed E-state index contributed by atoms with van der Waals surface area (Å²) in [7, 11) is 0. The summed E-state index contributed by atoms with van der Waals surface area (Å²) >= 11 is 0. The molecule has 4 N–H and O–H groups in total. The van der Waals surface area contributed by atoms with Gasteiger partial charge >= 0.3 is 0 Å². The van der Waals surface area contributed by atoms with Crippen LogP contribution in [0.5, 0.6) is 0 Å². The topological polar surface area (TPSA) is 179 Å². The number of aryl methyl sites for hydroxylation is 2. The number of hydrogen-bond donors (Lipinski definition) is 4. The van der Waals surface area contributed by atoms with Crippen LogP contribution in [0.2, 0.25) is 0 Å². The van der Waals surface area contributed by atoms with Gasteiger partial charge < -0.3 is 26.2 Å². The molecule has 0 unspecified atom stereocenters. The minimum Gasteiger partial charge on any atom is -0.385 e. The van der Waals surface area contributed by atoms with Crippen LogP contribution in [0.4, 0.5) is 28.8 Å². The van der Waals surface area contributed by atoms with Crippen molar-refractivity contribution in [1.29, 1.82) is 0 Å². The normalized spacial score (nSPS) is 14.5. The molecule has 62 heavy (non-hydrogen) atoms. The lowest BCUT2D eigenvalue weighted by atomic mass is 10.0. The Morgan fingerprint density at radius 1 is 0.790 bits per heavy atom. The van der Waals surface area contributed by atoms with E-state index in [1.807, 2.05) is 62.5 Å². The number of benzene rings is 1. The van der Waals surface area contributed by atoms with Crippen LogP contribution in [-0.4, -0.2) is 92.8 Å². The zero-order valence-corrected chi connectivity index (χ0v) is 36.4. The van der Waals surface area contributed by atoms with Crippen LogP contribution in [0.25, 0.3) is 11.0 Å². The monoisotopic (exact) mass is 841 g/mol. The highest BCUT2D eigenvalue weighted by Crippen LogP contribution is 2.32. The van der Waals surface area contributed by atoms with Crippen LogP contribution in [0.1, 0.15) is 108 Å². The van der Waals surface area contributed by atoms with Crippen molar-refractivity contribution in [1.82, 2.24) is 34.7 Å². The Kier molecular flexibility index (Phi) is 14.5. The number of amides is 2. The summed E-state index contributed by atoms with van der Waals surface area (Å²) in [6.45, 7) is 12.1. The first-order valence-electron chi connectivity index (χ1n) is 22.0. The summed E-state index contributed by atoms with van der Waals surface area (Å²) in [6, 6.07) is 13.4. The molecule has 1 aromatic carbocycles. The van der Waals surface area contributed by atoms with Crippen LogP contribution in [0.3, 0.4) is 0 Å². The number of carbonyl (C=O) groups is 3. The molecule has 0 spiro atoms. The Morgan fingerprint density at radius 3 is 2.26 bits per heavy atom. The quantitative estimate of drug-likeness (QED) is 0.0519. The third-order valence-electron chi connectivity index (χ3n) is 12.1. The maximum Gasteiger partial charge on any atom is 0.263 e. The second-order valence-electron chi connectivity index (χ2n) is 16.6. The molecule has 2 aliphatic rings. The van der Waals surface area contributed by atoms with Crippen LogP contribution < -0.4 is 31.7 Å². The van der Waals surface area contributed by atoms with Crippen molar-refractivity contribution in [2.75, 3.05) is 66.7 Å². The Bertz CT molecular complexity index is 2420. The van der Waals surface area contributed by atoms with Crippen LogP contribution >= 0.6 is 0 Å². The predicted octanol–water partition coefficient (Wildman–Crippen LogP) is 7.12. The summed E-state index contributed by atoms with van der Waals surface area (Å²) in [5.74, 6) is 0.592. The van der Waals surface area contributed by atoms with E-state index in [1.54, 1.807) is 23.9 Å². The number of fused-ring (bicyclic) bond motifs is 1. The highest BCUT2D eigenvalue weighted by atomic mass is 16.2. The number of piperazine rings is 1. The van der Waals surface area contributed by atoms with Gasteiger partial charge in [-0.05, 0) is 101 Å². The van der Waals surface area contributed by atoms with Gasteiger partial charge in [0.15, 0.2) is 5.78 Å². The molecule has 4 aromatic heterocycles. The molecule has 0 radical (unpaired) electrons. The Morgan fingerprint density at radius 2 is 1.55 bits per heavy atom. The molecule has 1 aliphatic carbocycles. The third kappa shape index (κ3) is 10.8. The fraction of sp³-hybridized carbons (Fsp3) is 0.447. The fourth-order valence-corrected chi connectivity index (χ4v) is 8.54. The van der Waals surface area contributed by atoms with E-state index in [2.05, 4.69) is 46.0 Å². The van der Waals surface area contributed by atoms with E-state index in [-0.39, 0.29) is 34.8 Å². The van der Waals surface area contributed by atoms with Crippen molar-refractivity contribution in [3.63, 3.8) is 0 Å². The zero-order chi connectivity index (χ0) is 43.6. The van der Waals surface area contributed by atoms with E-state index in [0.29, 0.717) is 52.7 Å². The molecule has 2 amide bonds. The molecule has 1 aliphatic heterocycles. The lowest BCUT2D eigenvalue weighted by Crippen LogP contribution is -2.49. The molecule has 5 aromatic rings. The van der Waals surface area contributed by atoms with E-state index in [0.717, 1.165) is 113 Å². The number of nitrogens with one attached hydrogen (secondary N) is 4. The Hall–Kier alpha value is -6.22.